The van der Waals surface area contributed by atoms with Crippen LogP contribution in [0.15, 0.2) is 42.5 Å². The number of nitrogens with one attached hydrogen (secondary N) is 1. The average Bonchev–Trinajstić information content (AvgIpc) is 2.33. The van der Waals surface area contributed by atoms with Gasteiger partial charge in [0.15, 0.2) is 0 Å². The van der Waals surface area contributed by atoms with Crippen molar-refractivity contribution in [2.75, 3.05) is 11.1 Å². The number of carbonyl (C=O) groups excluding carboxylic acids is 1. The van der Waals surface area contributed by atoms with Crippen LogP contribution in [0.5, 0.6) is 0 Å². The predicted octanol–water partition coefficient (Wildman–Crippen LogP) is 3.24. The number of nitrogens with two attached hydrogens (primary N) is 1. The van der Waals surface area contributed by atoms with Gasteiger partial charge in [0.05, 0.1) is 12.1 Å². The molecule has 5 heteroatoms. The van der Waals surface area contributed by atoms with Gasteiger partial charge in [-0.25, -0.2) is 4.39 Å². The summed E-state index contributed by atoms with van der Waals surface area (Å²) in [6.07, 6.45) is 0.132. The lowest BCUT2D eigenvalue weighted by Crippen LogP contribution is -2.15. The molecule has 3 N–H and O–H groups in total. The van der Waals surface area contributed by atoms with E-state index in [0.29, 0.717) is 5.69 Å². The zero-order chi connectivity index (χ0) is 13.8. The molecule has 0 saturated carbocycles. The average molecular weight is 279 g/mol. The molecule has 0 unspecified atom stereocenters. The van der Waals surface area contributed by atoms with Gasteiger partial charge in [-0.3, -0.25) is 4.79 Å². The van der Waals surface area contributed by atoms with E-state index >= 15 is 0 Å². The van der Waals surface area contributed by atoms with Crippen LogP contribution in [-0.4, -0.2) is 5.91 Å². The summed E-state index contributed by atoms with van der Waals surface area (Å²) in [7, 11) is 0. The van der Waals surface area contributed by atoms with Crippen molar-refractivity contribution in [3.8, 4) is 0 Å². The third kappa shape index (κ3) is 3.69. The molecule has 0 fully saturated rings. The van der Waals surface area contributed by atoms with Crippen molar-refractivity contribution in [1.82, 2.24) is 0 Å². The quantitative estimate of drug-likeness (QED) is 0.847. The topological polar surface area (TPSA) is 55.1 Å². The molecule has 0 heterocycles. The first-order chi connectivity index (χ1) is 9.04. The summed E-state index contributed by atoms with van der Waals surface area (Å²) in [6, 6.07) is 11.1. The van der Waals surface area contributed by atoms with Crippen molar-refractivity contribution in [3.63, 3.8) is 0 Å². The molecule has 0 spiro atoms. The summed E-state index contributed by atoms with van der Waals surface area (Å²) in [5.74, 6) is -0.875. The highest BCUT2D eigenvalue weighted by Gasteiger charge is 2.08. The number of amides is 1. The molecule has 0 radical (unpaired) electrons. The van der Waals surface area contributed by atoms with E-state index < -0.39 is 5.82 Å². The SMILES string of the molecule is Nc1cccc(CC(=O)Nc2ccc(Cl)cc2F)c1. The van der Waals surface area contributed by atoms with Crippen LogP contribution in [0.2, 0.25) is 5.02 Å². The summed E-state index contributed by atoms with van der Waals surface area (Å²) in [5, 5.41) is 2.78. The van der Waals surface area contributed by atoms with Gasteiger partial charge < -0.3 is 11.1 Å². The minimum Gasteiger partial charge on any atom is -0.399 e. The van der Waals surface area contributed by atoms with E-state index in [2.05, 4.69) is 5.32 Å². The number of hydrogen-bond donors (Lipinski definition) is 2. The summed E-state index contributed by atoms with van der Waals surface area (Å²) in [4.78, 5) is 11.8. The van der Waals surface area contributed by atoms with Crippen LogP contribution in [0.4, 0.5) is 15.8 Å². The Balaban J connectivity index is 2.05. The van der Waals surface area contributed by atoms with Gasteiger partial charge in [0.25, 0.3) is 0 Å². The van der Waals surface area contributed by atoms with E-state index in [0.717, 1.165) is 11.6 Å². The summed E-state index contributed by atoms with van der Waals surface area (Å²) in [5.41, 5.74) is 7.09. The first-order valence-corrected chi connectivity index (χ1v) is 6.02. The second kappa shape index (κ2) is 5.71. The third-order valence-electron chi connectivity index (χ3n) is 2.52. The van der Waals surface area contributed by atoms with Crippen LogP contribution in [0.3, 0.4) is 0 Å². The van der Waals surface area contributed by atoms with Gasteiger partial charge >= 0.3 is 0 Å². The van der Waals surface area contributed by atoms with E-state index in [4.69, 9.17) is 17.3 Å². The van der Waals surface area contributed by atoms with Crippen molar-refractivity contribution >= 4 is 28.9 Å². The molecule has 0 aromatic heterocycles. The molecule has 0 aliphatic carbocycles. The number of benzene rings is 2. The number of rotatable bonds is 3. The van der Waals surface area contributed by atoms with Gasteiger partial charge in [0.2, 0.25) is 5.91 Å². The fourth-order valence-corrected chi connectivity index (χ4v) is 1.83. The van der Waals surface area contributed by atoms with E-state index in [1.807, 2.05) is 0 Å². The Labute approximate surface area is 115 Å². The van der Waals surface area contributed by atoms with Crippen LogP contribution in [0.25, 0.3) is 0 Å². The maximum atomic E-state index is 13.5. The fourth-order valence-electron chi connectivity index (χ4n) is 1.67. The smallest absolute Gasteiger partial charge is 0.228 e. The zero-order valence-electron chi connectivity index (χ0n) is 9.99. The summed E-state index contributed by atoms with van der Waals surface area (Å²) >= 11 is 5.63. The summed E-state index contributed by atoms with van der Waals surface area (Å²) < 4.78 is 13.5. The van der Waals surface area contributed by atoms with Crippen molar-refractivity contribution in [1.29, 1.82) is 0 Å². The molecule has 2 rings (SSSR count). The lowest BCUT2D eigenvalue weighted by Gasteiger charge is -2.07. The first-order valence-electron chi connectivity index (χ1n) is 5.64. The van der Waals surface area contributed by atoms with E-state index in [9.17, 15) is 9.18 Å². The standard InChI is InChI=1S/C14H12ClFN2O/c15-10-4-5-13(12(16)8-10)18-14(19)7-9-2-1-3-11(17)6-9/h1-6,8H,7,17H2,(H,18,19). The molecule has 98 valence electrons. The van der Waals surface area contributed by atoms with Crippen molar-refractivity contribution in [3.05, 3.63) is 58.9 Å². The monoisotopic (exact) mass is 278 g/mol. The number of hydrogen-bond acceptors (Lipinski definition) is 2. The second-order valence-corrected chi connectivity index (χ2v) is 4.53. The number of carbonyl (C=O) groups is 1. The Morgan fingerprint density at radius 3 is 2.74 bits per heavy atom. The highest BCUT2D eigenvalue weighted by molar-refractivity contribution is 6.30. The second-order valence-electron chi connectivity index (χ2n) is 4.09. The van der Waals surface area contributed by atoms with Gasteiger partial charge in [-0.2, -0.15) is 0 Å². The van der Waals surface area contributed by atoms with E-state index in [-0.39, 0.29) is 23.0 Å². The highest BCUT2D eigenvalue weighted by atomic mass is 35.5. The maximum absolute atomic E-state index is 13.5. The normalized spacial score (nSPS) is 10.2. The molecule has 2 aromatic rings. The minimum atomic E-state index is -0.562. The van der Waals surface area contributed by atoms with Crippen LogP contribution >= 0.6 is 11.6 Å². The van der Waals surface area contributed by atoms with Crippen LogP contribution < -0.4 is 11.1 Å². The number of nitrogen functional groups attached to an aromatic ring is 1. The fraction of sp³-hybridized carbons (Fsp3) is 0.0714. The zero-order valence-corrected chi connectivity index (χ0v) is 10.7. The van der Waals surface area contributed by atoms with Crippen molar-refractivity contribution < 1.29 is 9.18 Å². The molecule has 0 aliphatic heterocycles. The number of halogens is 2. The van der Waals surface area contributed by atoms with E-state index in [1.165, 1.54) is 12.1 Å². The Kier molecular flexibility index (Phi) is 4.02. The molecule has 0 bridgehead atoms. The van der Waals surface area contributed by atoms with Crippen LogP contribution in [0.1, 0.15) is 5.56 Å². The molecular formula is C14H12ClFN2O. The maximum Gasteiger partial charge on any atom is 0.228 e. The molecular weight excluding hydrogens is 267 g/mol. The van der Waals surface area contributed by atoms with Gasteiger partial charge in [-0.05, 0) is 35.9 Å². The lowest BCUT2D eigenvalue weighted by atomic mass is 10.1. The number of anilines is 2. The van der Waals surface area contributed by atoms with Gasteiger partial charge in [0.1, 0.15) is 5.82 Å². The molecule has 3 nitrogen and oxygen atoms in total. The lowest BCUT2D eigenvalue weighted by molar-refractivity contribution is -0.115. The summed E-state index contributed by atoms with van der Waals surface area (Å²) in [6.45, 7) is 0. The van der Waals surface area contributed by atoms with Gasteiger partial charge in [-0.1, -0.05) is 23.7 Å². The first kappa shape index (κ1) is 13.4. The van der Waals surface area contributed by atoms with Gasteiger partial charge in [0, 0.05) is 10.7 Å². The van der Waals surface area contributed by atoms with Crippen molar-refractivity contribution in [2.24, 2.45) is 0 Å². The molecule has 19 heavy (non-hydrogen) atoms. The largest absolute Gasteiger partial charge is 0.399 e. The molecule has 0 aliphatic rings. The predicted molar refractivity (Wildman–Crippen MR) is 74.6 cm³/mol. The van der Waals surface area contributed by atoms with E-state index in [1.54, 1.807) is 24.3 Å². The highest BCUT2D eigenvalue weighted by Crippen LogP contribution is 2.19. The third-order valence-corrected chi connectivity index (χ3v) is 2.76. The molecule has 0 saturated heterocycles. The van der Waals surface area contributed by atoms with Crippen molar-refractivity contribution in [2.45, 2.75) is 6.42 Å². The molecule has 1 amide bonds. The molecule has 0 atom stereocenters. The Morgan fingerprint density at radius 2 is 2.05 bits per heavy atom. The Bertz CT molecular complexity index is 616. The Hall–Kier alpha value is -2.07. The minimum absolute atomic E-state index is 0.110. The van der Waals surface area contributed by atoms with Crippen LogP contribution in [0, 0.1) is 5.82 Å². The Morgan fingerprint density at radius 1 is 1.26 bits per heavy atom. The molecule has 2 aromatic carbocycles. The van der Waals surface area contributed by atoms with Gasteiger partial charge in [-0.15, -0.1) is 0 Å². The van der Waals surface area contributed by atoms with Crippen LogP contribution in [-0.2, 0) is 11.2 Å².